The van der Waals surface area contributed by atoms with Gasteiger partial charge in [-0.15, -0.1) is 0 Å². The predicted molar refractivity (Wildman–Crippen MR) is 80.5 cm³/mol. The van der Waals surface area contributed by atoms with Gasteiger partial charge in [-0.2, -0.15) is 5.10 Å². The number of fused-ring (bicyclic) bond motifs is 2. The topological polar surface area (TPSA) is 44.5 Å². The first-order chi connectivity index (χ1) is 10.0. The van der Waals surface area contributed by atoms with Crippen molar-refractivity contribution in [2.45, 2.75) is 33.1 Å². The molecule has 4 rings (SSSR count). The molecule has 4 heteroatoms. The smallest absolute Gasteiger partial charge is 0.131 e. The fourth-order valence-electron chi connectivity index (χ4n) is 3.24. The molecule has 2 N–H and O–H groups in total. The number of hydrogen-bond donors (Lipinski definition) is 2. The van der Waals surface area contributed by atoms with Crippen LogP contribution in [-0.2, 0) is 12.8 Å². The highest BCUT2D eigenvalue weighted by atomic mass is 19.1. The fraction of sp³-hybridized carbons (Fsp3) is 0.353. The van der Waals surface area contributed by atoms with Gasteiger partial charge >= 0.3 is 0 Å². The predicted octanol–water partition coefficient (Wildman–Crippen LogP) is 4.01. The van der Waals surface area contributed by atoms with Crippen LogP contribution in [0, 0.1) is 17.3 Å². The standard InChI is InChI=1S/C17H17FN3/c1-17(2)6-5-12-15(9-17)20-21-16(12)14-8-10-7-11(18)3-4-13(10)19-14/h4,7-8,19H,5-6,9H2,1-2H3,(H,20,21). The van der Waals surface area contributed by atoms with Crippen molar-refractivity contribution < 1.29 is 4.39 Å². The maximum absolute atomic E-state index is 13.3. The molecule has 0 bridgehead atoms. The molecule has 0 atom stereocenters. The minimum atomic E-state index is -0.334. The van der Waals surface area contributed by atoms with Gasteiger partial charge in [0.05, 0.1) is 5.69 Å². The SMILES string of the molecule is CC1(C)CCc2c(-c3cc4cc(F)[c]cc4[nH]3)n[nH]c2C1. The number of H-pyrrole nitrogens is 2. The van der Waals surface area contributed by atoms with Gasteiger partial charge in [-0.1, -0.05) is 13.8 Å². The van der Waals surface area contributed by atoms with Gasteiger partial charge in [-0.05, 0) is 42.9 Å². The Labute approximate surface area is 122 Å². The minimum Gasteiger partial charge on any atom is -0.353 e. The van der Waals surface area contributed by atoms with Crippen molar-refractivity contribution in [3.8, 4) is 11.4 Å². The zero-order valence-corrected chi connectivity index (χ0v) is 12.2. The van der Waals surface area contributed by atoms with E-state index >= 15 is 0 Å². The monoisotopic (exact) mass is 282 g/mol. The summed E-state index contributed by atoms with van der Waals surface area (Å²) in [5, 5.41) is 8.53. The number of hydrogen-bond acceptors (Lipinski definition) is 1. The van der Waals surface area contributed by atoms with Crippen LogP contribution in [0.5, 0.6) is 0 Å². The average molecular weight is 282 g/mol. The van der Waals surface area contributed by atoms with E-state index < -0.39 is 0 Å². The van der Waals surface area contributed by atoms with Gasteiger partial charge in [0.1, 0.15) is 11.5 Å². The van der Waals surface area contributed by atoms with Crippen LogP contribution in [0.15, 0.2) is 18.2 Å². The molecule has 1 radical (unpaired) electrons. The number of aromatic amines is 2. The molecule has 0 spiro atoms. The van der Waals surface area contributed by atoms with E-state index in [1.165, 1.54) is 17.3 Å². The summed E-state index contributed by atoms with van der Waals surface area (Å²) in [6.45, 7) is 4.58. The van der Waals surface area contributed by atoms with Gasteiger partial charge in [0.25, 0.3) is 0 Å². The number of halogens is 1. The fourth-order valence-corrected chi connectivity index (χ4v) is 3.24. The number of nitrogens with zero attached hydrogens (tertiary/aromatic N) is 1. The third-order valence-corrected chi connectivity index (χ3v) is 4.43. The van der Waals surface area contributed by atoms with Crippen molar-refractivity contribution in [2.75, 3.05) is 0 Å². The summed E-state index contributed by atoms with van der Waals surface area (Å²) in [5.74, 6) is -0.334. The van der Waals surface area contributed by atoms with E-state index in [1.54, 1.807) is 6.07 Å². The van der Waals surface area contributed by atoms with E-state index in [0.29, 0.717) is 5.41 Å². The maximum atomic E-state index is 13.3. The molecule has 0 fully saturated rings. The van der Waals surface area contributed by atoms with Crippen LogP contribution in [0.3, 0.4) is 0 Å². The second-order valence-corrected chi connectivity index (χ2v) is 6.70. The second-order valence-electron chi connectivity index (χ2n) is 6.70. The molecule has 21 heavy (non-hydrogen) atoms. The summed E-state index contributed by atoms with van der Waals surface area (Å²) < 4.78 is 13.3. The number of aromatic nitrogens is 3. The van der Waals surface area contributed by atoms with Gasteiger partial charge in [0.2, 0.25) is 0 Å². The number of benzene rings is 1. The maximum Gasteiger partial charge on any atom is 0.131 e. The van der Waals surface area contributed by atoms with Gasteiger partial charge in [0.15, 0.2) is 0 Å². The third-order valence-electron chi connectivity index (χ3n) is 4.43. The normalized spacial score (nSPS) is 17.1. The zero-order valence-electron chi connectivity index (χ0n) is 12.2. The first-order valence-electron chi connectivity index (χ1n) is 7.28. The average Bonchev–Trinajstić information content (AvgIpc) is 2.99. The van der Waals surface area contributed by atoms with Crippen LogP contribution in [0.4, 0.5) is 4.39 Å². The van der Waals surface area contributed by atoms with Crippen LogP contribution in [0.25, 0.3) is 22.3 Å². The van der Waals surface area contributed by atoms with Gasteiger partial charge < -0.3 is 4.98 Å². The van der Waals surface area contributed by atoms with E-state index in [1.807, 2.05) is 6.07 Å². The zero-order chi connectivity index (χ0) is 14.6. The Morgan fingerprint density at radius 3 is 3.05 bits per heavy atom. The summed E-state index contributed by atoms with van der Waals surface area (Å²) >= 11 is 0. The molecule has 3 nitrogen and oxygen atoms in total. The minimum absolute atomic E-state index is 0.329. The highest BCUT2D eigenvalue weighted by Gasteiger charge is 2.29. The Kier molecular flexibility index (Phi) is 2.52. The number of nitrogens with one attached hydrogen (secondary N) is 2. The van der Waals surface area contributed by atoms with E-state index in [2.05, 4.69) is 35.1 Å². The van der Waals surface area contributed by atoms with Crippen LogP contribution >= 0.6 is 0 Å². The van der Waals surface area contributed by atoms with E-state index in [-0.39, 0.29) is 5.82 Å². The molecule has 1 aliphatic carbocycles. The van der Waals surface area contributed by atoms with Gasteiger partial charge in [-0.3, -0.25) is 5.10 Å². The lowest BCUT2D eigenvalue weighted by atomic mass is 9.76. The molecule has 1 aromatic carbocycles. The third kappa shape index (κ3) is 2.06. The molecule has 0 unspecified atom stereocenters. The Morgan fingerprint density at radius 1 is 1.33 bits per heavy atom. The lowest BCUT2D eigenvalue weighted by Crippen LogP contribution is -2.21. The highest BCUT2D eigenvalue weighted by Crippen LogP contribution is 2.38. The van der Waals surface area contributed by atoms with Crippen molar-refractivity contribution in [2.24, 2.45) is 5.41 Å². The Hall–Kier alpha value is -2.10. The number of rotatable bonds is 1. The van der Waals surface area contributed by atoms with Gasteiger partial charge in [-0.25, -0.2) is 4.39 Å². The highest BCUT2D eigenvalue weighted by molar-refractivity contribution is 5.85. The largest absolute Gasteiger partial charge is 0.353 e. The van der Waals surface area contributed by atoms with E-state index in [0.717, 1.165) is 41.6 Å². The molecule has 3 aromatic rings. The van der Waals surface area contributed by atoms with Crippen molar-refractivity contribution in [3.63, 3.8) is 0 Å². The first kappa shape index (κ1) is 12.6. The second kappa shape index (κ2) is 4.20. The van der Waals surface area contributed by atoms with Crippen molar-refractivity contribution >= 4 is 10.9 Å². The molecule has 2 heterocycles. The quantitative estimate of drug-likeness (QED) is 0.696. The van der Waals surface area contributed by atoms with Gasteiger partial charge in [0, 0.05) is 28.2 Å². The van der Waals surface area contributed by atoms with E-state index in [4.69, 9.17) is 0 Å². The van der Waals surface area contributed by atoms with Crippen LogP contribution in [0.2, 0.25) is 0 Å². The molecular weight excluding hydrogens is 265 g/mol. The molecule has 2 aromatic heterocycles. The summed E-state index contributed by atoms with van der Waals surface area (Å²) in [7, 11) is 0. The van der Waals surface area contributed by atoms with Crippen molar-refractivity contribution in [3.05, 3.63) is 41.3 Å². The summed E-state index contributed by atoms with van der Waals surface area (Å²) in [5.41, 5.74) is 5.66. The Balaban J connectivity index is 1.81. The molecular formula is C17H17FN3. The Morgan fingerprint density at radius 2 is 2.19 bits per heavy atom. The van der Waals surface area contributed by atoms with Crippen molar-refractivity contribution in [1.29, 1.82) is 0 Å². The van der Waals surface area contributed by atoms with Crippen LogP contribution in [-0.4, -0.2) is 15.2 Å². The van der Waals surface area contributed by atoms with Crippen LogP contribution < -0.4 is 0 Å². The lowest BCUT2D eigenvalue weighted by molar-refractivity contribution is 0.312. The molecule has 0 amide bonds. The molecule has 0 saturated carbocycles. The van der Waals surface area contributed by atoms with Crippen LogP contribution in [0.1, 0.15) is 31.5 Å². The van der Waals surface area contributed by atoms with Crippen molar-refractivity contribution in [1.82, 2.24) is 15.2 Å². The summed E-state index contributed by atoms with van der Waals surface area (Å²) in [4.78, 5) is 3.32. The molecule has 0 aliphatic heterocycles. The molecule has 0 saturated heterocycles. The lowest BCUT2D eigenvalue weighted by Gasteiger charge is -2.28. The summed E-state index contributed by atoms with van der Waals surface area (Å²) in [6, 6.07) is 7.69. The van der Waals surface area contributed by atoms with E-state index in [9.17, 15) is 4.39 Å². The Bertz CT molecular complexity index is 826. The first-order valence-corrected chi connectivity index (χ1v) is 7.28. The molecule has 107 valence electrons. The molecule has 1 aliphatic rings. The summed E-state index contributed by atoms with van der Waals surface area (Å²) in [6.07, 6.45) is 3.22.